The maximum Gasteiger partial charge on any atom is 0.266 e. The van der Waals surface area contributed by atoms with Crippen LogP contribution in [0.15, 0.2) is 132 Å². The van der Waals surface area contributed by atoms with Crippen LogP contribution in [0.5, 0.6) is 0 Å². The van der Waals surface area contributed by atoms with Gasteiger partial charge in [0.1, 0.15) is 5.65 Å². The largest absolute Gasteiger partial charge is 0.309 e. The smallest absolute Gasteiger partial charge is 0.266 e. The van der Waals surface area contributed by atoms with E-state index >= 15 is 0 Å². The standard InChI is InChI=1S/C34H21N3O/c38-34-27-17-14-24(21-29(27)35-33-19-16-22-8-4-6-12-30(22)37(33)34)23-15-18-32-28(20-23)26-11-5-7-13-31(26)36(32)25-9-2-1-3-10-25/h1-21H. The number of pyridine rings is 1. The second kappa shape index (κ2) is 7.89. The molecule has 0 unspecified atom stereocenters. The third-order valence-electron chi connectivity index (χ3n) is 7.51. The lowest BCUT2D eigenvalue weighted by Crippen LogP contribution is -2.15. The first kappa shape index (κ1) is 20.9. The molecule has 8 aromatic rings. The van der Waals surface area contributed by atoms with Crippen molar-refractivity contribution in [2.75, 3.05) is 0 Å². The fourth-order valence-corrected chi connectivity index (χ4v) is 5.73. The third kappa shape index (κ3) is 2.98. The first-order chi connectivity index (χ1) is 18.8. The molecule has 3 aromatic heterocycles. The Bertz CT molecular complexity index is 2260. The molecule has 38 heavy (non-hydrogen) atoms. The normalized spacial score (nSPS) is 11.8. The van der Waals surface area contributed by atoms with Gasteiger partial charge in [-0.05, 0) is 77.2 Å². The monoisotopic (exact) mass is 487 g/mol. The quantitative estimate of drug-likeness (QED) is 0.185. The Labute approximate surface area is 217 Å². The summed E-state index contributed by atoms with van der Waals surface area (Å²) in [6, 6.07) is 43.4. The van der Waals surface area contributed by atoms with Crippen molar-refractivity contribution < 1.29 is 0 Å². The summed E-state index contributed by atoms with van der Waals surface area (Å²) in [5, 5.41) is 4.04. The first-order valence-corrected chi connectivity index (χ1v) is 12.7. The lowest BCUT2D eigenvalue weighted by atomic mass is 10.0. The van der Waals surface area contributed by atoms with Crippen LogP contribution in [0.3, 0.4) is 0 Å². The Morgan fingerprint density at radius 3 is 2.13 bits per heavy atom. The van der Waals surface area contributed by atoms with E-state index in [4.69, 9.17) is 4.98 Å². The summed E-state index contributed by atoms with van der Waals surface area (Å²) in [6.07, 6.45) is 0. The van der Waals surface area contributed by atoms with Crippen molar-refractivity contribution >= 4 is 49.3 Å². The zero-order valence-corrected chi connectivity index (χ0v) is 20.4. The van der Waals surface area contributed by atoms with Crippen LogP contribution in [0.4, 0.5) is 0 Å². The van der Waals surface area contributed by atoms with Gasteiger partial charge in [-0.25, -0.2) is 4.98 Å². The van der Waals surface area contributed by atoms with E-state index < -0.39 is 0 Å². The summed E-state index contributed by atoms with van der Waals surface area (Å²) in [6.45, 7) is 0. The molecule has 8 rings (SSSR count). The summed E-state index contributed by atoms with van der Waals surface area (Å²) in [4.78, 5) is 18.4. The molecule has 0 amide bonds. The Morgan fingerprint density at radius 2 is 1.24 bits per heavy atom. The number of rotatable bonds is 2. The predicted molar refractivity (Wildman–Crippen MR) is 156 cm³/mol. The number of aromatic nitrogens is 3. The molecule has 4 heteroatoms. The summed E-state index contributed by atoms with van der Waals surface area (Å²) < 4.78 is 4.02. The number of hydrogen-bond acceptors (Lipinski definition) is 2. The molecule has 4 nitrogen and oxygen atoms in total. The Morgan fingerprint density at radius 1 is 0.526 bits per heavy atom. The van der Waals surface area contributed by atoms with Crippen molar-refractivity contribution in [1.29, 1.82) is 0 Å². The highest BCUT2D eigenvalue weighted by Crippen LogP contribution is 2.35. The van der Waals surface area contributed by atoms with Gasteiger partial charge in [-0.15, -0.1) is 0 Å². The van der Waals surface area contributed by atoms with Crippen molar-refractivity contribution in [3.63, 3.8) is 0 Å². The van der Waals surface area contributed by atoms with Crippen LogP contribution in [0.1, 0.15) is 0 Å². The summed E-state index contributed by atoms with van der Waals surface area (Å²) in [7, 11) is 0. The van der Waals surface area contributed by atoms with E-state index in [1.54, 1.807) is 4.40 Å². The van der Waals surface area contributed by atoms with E-state index in [1.807, 2.05) is 60.7 Å². The molecule has 0 N–H and O–H groups in total. The van der Waals surface area contributed by atoms with Gasteiger partial charge < -0.3 is 4.57 Å². The van der Waals surface area contributed by atoms with Gasteiger partial charge in [0.2, 0.25) is 0 Å². The Hall–Kier alpha value is -5.22. The van der Waals surface area contributed by atoms with E-state index in [0.29, 0.717) is 16.6 Å². The lowest BCUT2D eigenvalue weighted by Gasteiger charge is -2.09. The van der Waals surface area contributed by atoms with Crippen molar-refractivity contribution in [3.05, 3.63) is 138 Å². The van der Waals surface area contributed by atoms with Crippen molar-refractivity contribution in [3.8, 4) is 16.8 Å². The van der Waals surface area contributed by atoms with Crippen molar-refractivity contribution in [1.82, 2.24) is 14.0 Å². The number of para-hydroxylation sites is 3. The van der Waals surface area contributed by atoms with Gasteiger partial charge in [0.25, 0.3) is 5.56 Å². The molecular formula is C34H21N3O. The number of benzene rings is 5. The molecule has 0 aliphatic carbocycles. The van der Waals surface area contributed by atoms with Crippen LogP contribution in [0.25, 0.3) is 66.1 Å². The highest BCUT2D eigenvalue weighted by molar-refractivity contribution is 6.10. The van der Waals surface area contributed by atoms with E-state index in [2.05, 4.69) is 71.3 Å². The maximum atomic E-state index is 13.5. The minimum atomic E-state index is -0.0465. The molecule has 0 bridgehead atoms. The Kier molecular flexibility index (Phi) is 4.34. The predicted octanol–water partition coefficient (Wildman–Crippen LogP) is 7.77. The summed E-state index contributed by atoms with van der Waals surface area (Å²) in [5.41, 5.74) is 7.79. The summed E-state index contributed by atoms with van der Waals surface area (Å²) >= 11 is 0. The van der Waals surface area contributed by atoms with E-state index in [0.717, 1.165) is 33.2 Å². The average molecular weight is 488 g/mol. The number of hydrogen-bond donors (Lipinski definition) is 0. The van der Waals surface area contributed by atoms with Crippen LogP contribution in [-0.2, 0) is 0 Å². The highest BCUT2D eigenvalue weighted by Gasteiger charge is 2.14. The SMILES string of the molecule is O=c1c2ccc(-c3ccc4c(c3)c3ccccc3n4-c3ccccc3)cc2nc2ccc3ccccc3n12. The molecule has 0 saturated carbocycles. The Balaban J connectivity index is 1.35. The fraction of sp³-hybridized carbons (Fsp3) is 0. The molecule has 3 heterocycles. The third-order valence-corrected chi connectivity index (χ3v) is 7.51. The van der Waals surface area contributed by atoms with Gasteiger partial charge in [-0.3, -0.25) is 9.20 Å². The number of nitrogens with zero attached hydrogens (tertiary/aromatic N) is 3. The molecule has 5 aromatic carbocycles. The van der Waals surface area contributed by atoms with E-state index in [1.165, 1.54) is 16.3 Å². The van der Waals surface area contributed by atoms with Crippen molar-refractivity contribution in [2.24, 2.45) is 0 Å². The van der Waals surface area contributed by atoms with E-state index in [-0.39, 0.29) is 5.56 Å². The lowest BCUT2D eigenvalue weighted by molar-refractivity contribution is 1.13. The maximum absolute atomic E-state index is 13.5. The molecule has 0 atom stereocenters. The topological polar surface area (TPSA) is 39.3 Å². The number of fused-ring (bicyclic) bond motifs is 7. The fourth-order valence-electron chi connectivity index (χ4n) is 5.73. The van der Waals surface area contributed by atoms with Crippen LogP contribution in [0, 0.1) is 0 Å². The minimum Gasteiger partial charge on any atom is -0.309 e. The molecule has 0 aliphatic rings. The van der Waals surface area contributed by atoms with Crippen LogP contribution >= 0.6 is 0 Å². The van der Waals surface area contributed by atoms with Gasteiger partial charge in [-0.2, -0.15) is 0 Å². The molecule has 0 saturated heterocycles. The van der Waals surface area contributed by atoms with Gasteiger partial charge in [-0.1, -0.05) is 66.7 Å². The molecule has 178 valence electrons. The van der Waals surface area contributed by atoms with Gasteiger partial charge in [0.05, 0.1) is 27.5 Å². The zero-order chi connectivity index (χ0) is 25.2. The average Bonchev–Trinajstić information content (AvgIpc) is 3.31. The zero-order valence-electron chi connectivity index (χ0n) is 20.4. The van der Waals surface area contributed by atoms with Crippen LogP contribution in [-0.4, -0.2) is 14.0 Å². The second-order valence-corrected chi connectivity index (χ2v) is 9.65. The molecule has 0 radical (unpaired) electrons. The van der Waals surface area contributed by atoms with Gasteiger partial charge in [0.15, 0.2) is 0 Å². The van der Waals surface area contributed by atoms with Gasteiger partial charge in [0, 0.05) is 16.5 Å². The minimum absolute atomic E-state index is 0.0465. The highest BCUT2D eigenvalue weighted by atomic mass is 16.1. The first-order valence-electron chi connectivity index (χ1n) is 12.7. The molecule has 0 fully saturated rings. The second-order valence-electron chi connectivity index (χ2n) is 9.65. The summed E-state index contributed by atoms with van der Waals surface area (Å²) in [5.74, 6) is 0. The molecule has 0 spiro atoms. The van der Waals surface area contributed by atoms with Crippen LogP contribution in [0.2, 0.25) is 0 Å². The van der Waals surface area contributed by atoms with E-state index in [9.17, 15) is 4.79 Å². The van der Waals surface area contributed by atoms with Crippen molar-refractivity contribution in [2.45, 2.75) is 0 Å². The van der Waals surface area contributed by atoms with Crippen LogP contribution < -0.4 is 5.56 Å². The molecule has 0 aliphatic heterocycles. The van der Waals surface area contributed by atoms with Gasteiger partial charge >= 0.3 is 0 Å². The molecular weight excluding hydrogens is 466 g/mol.